The molecule has 3 rings (SSSR count). The zero-order valence-corrected chi connectivity index (χ0v) is 18.3. The highest BCUT2D eigenvalue weighted by Gasteiger charge is 2.10. The summed E-state index contributed by atoms with van der Waals surface area (Å²) in [7, 11) is 0. The van der Waals surface area contributed by atoms with Crippen LogP contribution in [0, 0.1) is 25.5 Å². The van der Waals surface area contributed by atoms with Crippen molar-refractivity contribution in [2.45, 2.75) is 33.4 Å². The van der Waals surface area contributed by atoms with Crippen LogP contribution in [0.3, 0.4) is 0 Å². The fourth-order valence-electron chi connectivity index (χ4n) is 2.98. The number of nitrogens with zero attached hydrogens (tertiary/aromatic N) is 2. The smallest absolute Gasteiger partial charge is 0.251 e. The topological polar surface area (TPSA) is 56.2 Å². The van der Waals surface area contributed by atoms with Crippen LogP contribution in [0.4, 0.5) is 8.78 Å². The lowest BCUT2D eigenvalue weighted by atomic mass is 10.1. The first-order valence-electron chi connectivity index (χ1n) is 9.49. The van der Waals surface area contributed by atoms with E-state index < -0.39 is 11.6 Å². The predicted molar refractivity (Wildman–Crippen MR) is 113 cm³/mol. The minimum absolute atomic E-state index is 0.0398. The molecule has 0 aliphatic heterocycles. The van der Waals surface area contributed by atoms with Gasteiger partial charge in [0.1, 0.15) is 12.4 Å². The Hall–Kier alpha value is -2.74. The number of ether oxygens (including phenoxy) is 1. The number of halogens is 3. The number of rotatable bonds is 8. The van der Waals surface area contributed by atoms with E-state index in [1.165, 1.54) is 6.07 Å². The molecule has 0 saturated carbocycles. The molecule has 0 aliphatic carbocycles. The minimum atomic E-state index is -0.765. The van der Waals surface area contributed by atoms with E-state index in [-0.39, 0.29) is 18.3 Å². The average molecular weight is 478 g/mol. The molecule has 0 unspecified atom stereocenters. The van der Waals surface area contributed by atoms with Crippen molar-refractivity contribution in [1.29, 1.82) is 0 Å². The Morgan fingerprint density at radius 3 is 2.70 bits per heavy atom. The van der Waals surface area contributed by atoms with E-state index in [0.29, 0.717) is 24.2 Å². The van der Waals surface area contributed by atoms with Crippen molar-refractivity contribution in [1.82, 2.24) is 15.1 Å². The van der Waals surface area contributed by atoms with Gasteiger partial charge in [-0.2, -0.15) is 5.10 Å². The largest absolute Gasteiger partial charge is 0.486 e. The molecule has 0 aliphatic rings. The van der Waals surface area contributed by atoms with Gasteiger partial charge in [0.2, 0.25) is 0 Å². The molecule has 158 valence electrons. The van der Waals surface area contributed by atoms with Gasteiger partial charge >= 0.3 is 0 Å². The molecule has 8 heteroatoms. The Morgan fingerprint density at radius 1 is 1.20 bits per heavy atom. The first kappa shape index (κ1) is 22.0. The second-order valence-electron chi connectivity index (χ2n) is 6.88. The quantitative estimate of drug-likeness (QED) is 0.467. The summed E-state index contributed by atoms with van der Waals surface area (Å²) in [5.74, 6) is -1.66. The molecule has 0 radical (unpaired) electrons. The molecule has 1 N–H and O–H groups in total. The zero-order valence-electron chi connectivity index (χ0n) is 16.7. The Labute approximate surface area is 182 Å². The summed E-state index contributed by atoms with van der Waals surface area (Å²) in [6.45, 7) is 5.22. The molecule has 1 heterocycles. The monoisotopic (exact) mass is 477 g/mol. The molecular weight excluding hydrogens is 456 g/mol. The number of carbonyl (C=O) groups is 1. The molecule has 1 amide bonds. The van der Waals surface area contributed by atoms with Crippen molar-refractivity contribution in [3.05, 3.63) is 81.1 Å². The number of aromatic nitrogens is 2. The number of aryl methyl sites for hydroxylation is 2. The van der Waals surface area contributed by atoms with E-state index >= 15 is 0 Å². The van der Waals surface area contributed by atoms with Gasteiger partial charge in [-0.05, 0) is 66.0 Å². The van der Waals surface area contributed by atoms with Gasteiger partial charge in [-0.1, -0.05) is 12.1 Å². The van der Waals surface area contributed by atoms with E-state index in [9.17, 15) is 13.6 Å². The van der Waals surface area contributed by atoms with Crippen LogP contribution in [-0.4, -0.2) is 22.2 Å². The van der Waals surface area contributed by atoms with E-state index in [1.54, 1.807) is 24.3 Å². The van der Waals surface area contributed by atoms with Crippen molar-refractivity contribution in [3.8, 4) is 5.75 Å². The van der Waals surface area contributed by atoms with E-state index in [0.717, 1.165) is 34.4 Å². The third-order valence-electron chi connectivity index (χ3n) is 4.60. The molecular formula is C22H22BrF2N3O2. The second-order valence-corrected chi connectivity index (χ2v) is 7.67. The maximum Gasteiger partial charge on any atom is 0.251 e. The molecule has 1 aromatic heterocycles. The summed E-state index contributed by atoms with van der Waals surface area (Å²) in [6, 6.07) is 10.0. The van der Waals surface area contributed by atoms with Gasteiger partial charge in [-0.25, -0.2) is 8.78 Å². The van der Waals surface area contributed by atoms with Crippen molar-refractivity contribution in [2.24, 2.45) is 0 Å². The molecule has 0 fully saturated rings. The highest BCUT2D eigenvalue weighted by atomic mass is 79.9. The first-order chi connectivity index (χ1) is 14.3. The number of carbonyl (C=O) groups excluding carboxylic acids is 1. The Balaban J connectivity index is 1.50. The first-order valence-corrected chi connectivity index (χ1v) is 10.3. The van der Waals surface area contributed by atoms with Crippen LogP contribution in [-0.2, 0) is 13.2 Å². The van der Waals surface area contributed by atoms with Gasteiger partial charge in [0.25, 0.3) is 5.91 Å². The van der Waals surface area contributed by atoms with Crippen LogP contribution in [0.15, 0.2) is 46.9 Å². The molecule has 30 heavy (non-hydrogen) atoms. The standard InChI is InChI=1S/C22H22BrF2N3O2/c1-14-21(23)15(2)28(27-14)10-4-9-26-22(29)17-6-3-5-16(11-17)13-30-20-8-7-18(24)12-19(20)25/h3,5-8,11-12H,4,9-10,13H2,1-2H3,(H,26,29). The highest BCUT2D eigenvalue weighted by Crippen LogP contribution is 2.20. The van der Waals surface area contributed by atoms with Crippen molar-refractivity contribution < 1.29 is 18.3 Å². The summed E-state index contributed by atoms with van der Waals surface area (Å²) in [5, 5.41) is 7.34. The fourth-order valence-corrected chi connectivity index (χ4v) is 3.27. The van der Waals surface area contributed by atoms with Gasteiger partial charge < -0.3 is 10.1 Å². The maximum absolute atomic E-state index is 13.7. The number of hydrogen-bond donors (Lipinski definition) is 1. The Morgan fingerprint density at radius 2 is 2.00 bits per heavy atom. The normalized spacial score (nSPS) is 10.8. The summed E-state index contributed by atoms with van der Waals surface area (Å²) in [4.78, 5) is 12.4. The third-order valence-corrected chi connectivity index (χ3v) is 5.75. The van der Waals surface area contributed by atoms with Gasteiger partial charge in [-0.15, -0.1) is 0 Å². The minimum Gasteiger partial charge on any atom is -0.486 e. The SMILES string of the molecule is Cc1nn(CCCNC(=O)c2cccc(COc3ccc(F)cc3F)c2)c(C)c1Br. The van der Waals surface area contributed by atoms with Crippen molar-refractivity contribution in [3.63, 3.8) is 0 Å². The van der Waals surface area contributed by atoms with Crippen LogP contribution in [0.25, 0.3) is 0 Å². The molecule has 0 saturated heterocycles. The average Bonchev–Trinajstić information content (AvgIpc) is 2.97. The summed E-state index contributed by atoms with van der Waals surface area (Å²) < 4.78 is 35.0. The number of hydrogen-bond acceptors (Lipinski definition) is 3. The summed E-state index contributed by atoms with van der Waals surface area (Å²) in [5.41, 5.74) is 3.20. The lowest BCUT2D eigenvalue weighted by Crippen LogP contribution is -2.25. The van der Waals surface area contributed by atoms with E-state index in [2.05, 4.69) is 26.3 Å². The molecule has 0 spiro atoms. The number of benzene rings is 2. The Bertz CT molecular complexity index is 1050. The second kappa shape index (κ2) is 9.84. The van der Waals surface area contributed by atoms with Crippen LogP contribution in [0.1, 0.15) is 33.7 Å². The van der Waals surface area contributed by atoms with Crippen LogP contribution < -0.4 is 10.1 Å². The predicted octanol–water partition coefficient (Wildman–Crippen LogP) is 4.94. The van der Waals surface area contributed by atoms with Gasteiger partial charge in [0.15, 0.2) is 11.6 Å². The lowest BCUT2D eigenvalue weighted by molar-refractivity contribution is 0.0952. The van der Waals surface area contributed by atoms with E-state index in [4.69, 9.17) is 4.74 Å². The summed E-state index contributed by atoms with van der Waals surface area (Å²) in [6.07, 6.45) is 0.743. The van der Waals surface area contributed by atoms with Crippen LogP contribution >= 0.6 is 15.9 Å². The third kappa shape index (κ3) is 5.44. The zero-order chi connectivity index (χ0) is 21.7. The molecule has 0 atom stereocenters. The lowest BCUT2D eigenvalue weighted by Gasteiger charge is -2.10. The number of amides is 1. The molecule has 3 aromatic rings. The Kier molecular flexibility index (Phi) is 7.20. The van der Waals surface area contributed by atoms with Gasteiger partial charge in [0, 0.05) is 30.4 Å². The van der Waals surface area contributed by atoms with Crippen molar-refractivity contribution in [2.75, 3.05) is 6.54 Å². The number of nitrogens with one attached hydrogen (secondary N) is 1. The molecule has 0 bridgehead atoms. The van der Waals surface area contributed by atoms with E-state index in [1.807, 2.05) is 18.5 Å². The van der Waals surface area contributed by atoms with Gasteiger partial charge in [0.05, 0.1) is 10.2 Å². The van der Waals surface area contributed by atoms with Crippen LogP contribution in [0.5, 0.6) is 5.75 Å². The molecule has 5 nitrogen and oxygen atoms in total. The van der Waals surface area contributed by atoms with Crippen LogP contribution in [0.2, 0.25) is 0 Å². The fraction of sp³-hybridized carbons (Fsp3) is 0.273. The van der Waals surface area contributed by atoms with Gasteiger partial charge in [-0.3, -0.25) is 9.48 Å². The van der Waals surface area contributed by atoms with Crippen molar-refractivity contribution >= 4 is 21.8 Å². The highest BCUT2D eigenvalue weighted by molar-refractivity contribution is 9.10. The maximum atomic E-state index is 13.7. The molecule has 2 aromatic carbocycles. The summed E-state index contributed by atoms with van der Waals surface area (Å²) >= 11 is 3.50.